The Labute approximate surface area is 188 Å². The first-order valence-electron chi connectivity index (χ1n) is 10.8. The smallest absolute Gasteiger partial charge is 0.333 e. The highest BCUT2D eigenvalue weighted by molar-refractivity contribution is 5.99. The quantitative estimate of drug-likeness (QED) is 0.406. The number of esters is 1. The van der Waals surface area contributed by atoms with Gasteiger partial charge >= 0.3 is 5.97 Å². The summed E-state index contributed by atoms with van der Waals surface area (Å²) in [6.07, 6.45) is 1.92. The summed E-state index contributed by atoms with van der Waals surface area (Å²) < 4.78 is 12.3. The maximum absolute atomic E-state index is 11.9. The van der Waals surface area contributed by atoms with Gasteiger partial charge in [-0.05, 0) is 43.9 Å². The molecular weight excluding hydrogens is 400 g/mol. The van der Waals surface area contributed by atoms with Crippen molar-refractivity contribution in [2.24, 2.45) is 4.99 Å². The minimum Gasteiger partial charge on any atom is -0.460 e. The molecule has 2 aliphatic heterocycles. The number of carbonyl (C=O) groups excluding carboxylic acids is 1. The number of aliphatic imine (C=N–C) groups is 1. The third kappa shape index (κ3) is 2.84. The van der Waals surface area contributed by atoms with Gasteiger partial charge in [0.25, 0.3) is 0 Å². The van der Waals surface area contributed by atoms with Gasteiger partial charge in [-0.15, -0.1) is 0 Å². The highest BCUT2D eigenvalue weighted by Gasteiger charge is 2.59. The van der Waals surface area contributed by atoms with E-state index in [1.54, 1.807) is 6.92 Å². The number of hydrogen-bond donors (Lipinski definition) is 0. The van der Waals surface area contributed by atoms with Crippen LogP contribution in [-0.4, -0.2) is 31.1 Å². The first-order valence-corrected chi connectivity index (χ1v) is 10.8. The molecule has 0 aliphatic carbocycles. The molecule has 5 rings (SSSR count). The SMILES string of the molecule is C=C(C)C(=O)OCCN1c2ccccc2C(C)(C)C12C=Nc1c(ccc3ccccc13)O2. The summed E-state index contributed by atoms with van der Waals surface area (Å²) in [5, 5.41) is 2.19. The molecule has 0 bridgehead atoms. The van der Waals surface area contributed by atoms with Crippen LogP contribution in [-0.2, 0) is 14.9 Å². The van der Waals surface area contributed by atoms with Crippen molar-refractivity contribution in [1.82, 2.24) is 0 Å². The maximum Gasteiger partial charge on any atom is 0.333 e. The normalized spacial score (nSPS) is 20.0. The average molecular weight is 427 g/mol. The molecule has 162 valence electrons. The predicted molar refractivity (Wildman–Crippen MR) is 128 cm³/mol. The first kappa shape index (κ1) is 20.3. The van der Waals surface area contributed by atoms with Crippen molar-refractivity contribution in [3.05, 3.63) is 78.4 Å². The van der Waals surface area contributed by atoms with Crippen LogP contribution < -0.4 is 9.64 Å². The molecule has 0 N–H and O–H groups in total. The molecule has 1 atom stereocenters. The van der Waals surface area contributed by atoms with E-state index < -0.39 is 11.1 Å². The monoisotopic (exact) mass is 426 g/mol. The van der Waals surface area contributed by atoms with Crippen LogP contribution in [0.2, 0.25) is 0 Å². The van der Waals surface area contributed by atoms with Crippen molar-refractivity contribution < 1.29 is 14.3 Å². The average Bonchev–Trinajstić information content (AvgIpc) is 2.97. The Balaban J connectivity index is 1.58. The van der Waals surface area contributed by atoms with Crippen LogP contribution in [0.3, 0.4) is 0 Å². The number of rotatable bonds is 4. The Kier molecular flexibility index (Phi) is 4.59. The van der Waals surface area contributed by atoms with Crippen molar-refractivity contribution in [2.75, 3.05) is 18.1 Å². The summed E-state index contributed by atoms with van der Waals surface area (Å²) in [6.45, 7) is 10.3. The minimum atomic E-state index is -0.845. The zero-order chi connectivity index (χ0) is 22.5. The topological polar surface area (TPSA) is 51.1 Å². The van der Waals surface area contributed by atoms with Gasteiger partial charge in [0.15, 0.2) is 0 Å². The minimum absolute atomic E-state index is 0.222. The number of ether oxygens (including phenoxy) is 2. The molecule has 3 aromatic carbocycles. The van der Waals surface area contributed by atoms with E-state index >= 15 is 0 Å². The van der Waals surface area contributed by atoms with Crippen LogP contribution in [0.4, 0.5) is 11.4 Å². The van der Waals surface area contributed by atoms with Gasteiger partial charge in [0.05, 0.1) is 18.2 Å². The molecule has 0 saturated heterocycles. The Morgan fingerprint density at radius 3 is 2.66 bits per heavy atom. The third-order valence-electron chi connectivity index (χ3n) is 6.56. The van der Waals surface area contributed by atoms with Crippen molar-refractivity contribution in [2.45, 2.75) is 31.9 Å². The number of hydrogen-bond acceptors (Lipinski definition) is 5. The van der Waals surface area contributed by atoms with Crippen LogP contribution in [0.5, 0.6) is 5.75 Å². The molecule has 2 heterocycles. The highest BCUT2D eigenvalue weighted by atomic mass is 16.5. The molecular formula is C27H26N2O3. The van der Waals surface area contributed by atoms with E-state index in [4.69, 9.17) is 14.5 Å². The van der Waals surface area contributed by atoms with Gasteiger partial charge in [0, 0.05) is 16.6 Å². The van der Waals surface area contributed by atoms with Crippen LogP contribution in [0.25, 0.3) is 10.8 Å². The summed E-state index contributed by atoms with van der Waals surface area (Å²) in [5.74, 6) is 0.358. The second-order valence-electron chi connectivity index (χ2n) is 8.90. The number of para-hydroxylation sites is 1. The van der Waals surface area contributed by atoms with Crippen LogP contribution >= 0.6 is 0 Å². The van der Waals surface area contributed by atoms with Crippen LogP contribution in [0.1, 0.15) is 26.3 Å². The van der Waals surface area contributed by atoms with Crippen LogP contribution in [0.15, 0.2) is 77.8 Å². The molecule has 1 spiro atoms. The van der Waals surface area contributed by atoms with E-state index in [1.165, 1.54) is 5.56 Å². The molecule has 3 aromatic rings. The molecule has 32 heavy (non-hydrogen) atoms. The summed E-state index contributed by atoms with van der Waals surface area (Å²) >= 11 is 0. The van der Waals surface area contributed by atoms with Crippen molar-refractivity contribution in [1.29, 1.82) is 0 Å². The van der Waals surface area contributed by atoms with Gasteiger partial charge in [0.2, 0.25) is 5.72 Å². The van der Waals surface area contributed by atoms with Gasteiger partial charge in [-0.25, -0.2) is 4.79 Å². The van der Waals surface area contributed by atoms with Gasteiger partial charge in [0.1, 0.15) is 18.0 Å². The fraction of sp³-hybridized carbons (Fsp3) is 0.259. The number of carbonyl (C=O) groups is 1. The molecule has 0 saturated carbocycles. The van der Waals surface area contributed by atoms with Gasteiger partial charge < -0.3 is 14.4 Å². The summed E-state index contributed by atoms with van der Waals surface area (Å²) in [6, 6.07) is 20.5. The second-order valence-corrected chi connectivity index (χ2v) is 8.90. The lowest BCUT2D eigenvalue weighted by Gasteiger charge is -2.46. The van der Waals surface area contributed by atoms with E-state index in [-0.39, 0.29) is 12.6 Å². The van der Waals surface area contributed by atoms with E-state index in [1.807, 2.05) is 36.5 Å². The second kappa shape index (κ2) is 7.23. The standard InChI is InChI=1S/C27H26N2O3/c1-18(2)25(30)31-16-15-29-22-12-8-7-11-21(22)26(3,4)27(29)17-28-24-20-10-6-5-9-19(20)13-14-23(24)32-27/h5-14,17H,1,15-16H2,2-4H3. The molecule has 2 aliphatic rings. The molecule has 5 nitrogen and oxygen atoms in total. The van der Waals surface area contributed by atoms with E-state index in [2.05, 4.69) is 55.7 Å². The lowest BCUT2D eigenvalue weighted by molar-refractivity contribution is -0.138. The number of fused-ring (bicyclic) bond motifs is 4. The van der Waals surface area contributed by atoms with Crippen molar-refractivity contribution in [3.63, 3.8) is 0 Å². The molecule has 0 fully saturated rings. The number of nitrogens with zero attached hydrogens (tertiary/aromatic N) is 2. The summed E-state index contributed by atoms with van der Waals surface area (Å²) in [4.78, 5) is 19.1. The third-order valence-corrected chi connectivity index (χ3v) is 6.56. The zero-order valence-electron chi connectivity index (χ0n) is 18.6. The maximum atomic E-state index is 11.9. The van der Waals surface area contributed by atoms with Gasteiger partial charge in [-0.3, -0.25) is 4.99 Å². The van der Waals surface area contributed by atoms with Crippen LogP contribution in [0, 0.1) is 0 Å². The highest BCUT2D eigenvalue weighted by Crippen LogP contribution is 2.54. The lowest BCUT2D eigenvalue weighted by atomic mass is 9.77. The van der Waals surface area contributed by atoms with Crippen molar-refractivity contribution >= 4 is 34.3 Å². The van der Waals surface area contributed by atoms with Gasteiger partial charge in [-0.1, -0.05) is 55.1 Å². The van der Waals surface area contributed by atoms with Gasteiger partial charge in [-0.2, -0.15) is 0 Å². The zero-order valence-corrected chi connectivity index (χ0v) is 18.6. The first-order chi connectivity index (χ1) is 15.3. The fourth-order valence-electron chi connectivity index (χ4n) is 4.80. The van der Waals surface area contributed by atoms with Crippen molar-refractivity contribution in [3.8, 4) is 5.75 Å². The Morgan fingerprint density at radius 1 is 1.09 bits per heavy atom. The summed E-state index contributed by atoms with van der Waals surface area (Å²) in [7, 11) is 0. The van der Waals surface area contributed by atoms with E-state index in [9.17, 15) is 4.79 Å². The Bertz CT molecular complexity index is 1280. The molecule has 1 unspecified atom stereocenters. The Hall–Kier alpha value is -3.60. The molecule has 0 radical (unpaired) electrons. The molecule has 0 amide bonds. The Morgan fingerprint density at radius 2 is 1.84 bits per heavy atom. The molecule has 5 heteroatoms. The number of benzene rings is 3. The van der Waals surface area contributed by atoms with E-state index in [0.717, 1.165) is 27.9 Å². The summed E-state index contributed by atoms with van der Waals surface area (Å²) in [5.41, 5.74) is 2.21. The molecule has 0 aromatic heterocycles. The largest absolute Gasteiger partial charge is 0.460 e. The fourth-order valence-corrected chi connectivity index (χ4v) is 4.80. The predicted octanol–water partition coefficient (Wildman–Crippen LogP) is 5.55. The van der Waals surface area contributed by atoms with E-state index in [0.29, 0.717) is 12.1 Å². The number of anilines is 1. The lowest BCUT2D eigenvalue weighted by Crippen LogP contribution is -2.62.